The van der Waals surface area contributed by atoms with Gasteiger partial charge in [-0.25, -0.2) is 15.0 Å². The van der Waals surface area contributed by atoms with E-state index in [1.165, 1.54) is 5.39 Å². The van der Waals surface area contributed by atoms with E-state index in [-0.39, 0.29) is 0 Å². The molecule has 0 bridgehead atoms. The summed E-state index contributed by atoms with van der Waals surface area (Å²) in [7, 11) is 0. The molecule has 0 aliphatic rings. The van der Waals surface area contributed by atoms with Crippen LogP contribution in [0.4, 0.5) is 0 Å². The van der Waals surface area contributed by atoms with Crippen LogP contribution in [0.2, 0.25) is 0 Å². The van der Waals surface area contributed by atoms with Crippen LogP contribution in [-0.2, 0) is 0 Å². The summed E-state index contributed by atoms with van der Waals surface area (Å²) in [4.78, 5) is 25.1. The Morgan fingerprint density at radius 2 is 0.897 bits per heavy atom. The van der Waals surface area contributed by atoms with Gasteiger partial charge in [0.25, 0.3) is 0 Å². The molecule has 58 heavy (non-hydrogen) atoms. The van der Waals surface area contributed by atoms with Crippen LogP contribution in [0.5, 0.6) is 0 Å². The Labute approximate surface area is 332 Å². The number of imidazole rings is 1. The largest absolute Gasteiger partial charge is 0.291 e. The lowest BCUT2D eigenvalue weighted by Crippen LogP contribution is -2.04. The van der Waals surface area contributed by atoms with Gasteiger partial charge >= 0.3 is 0 Å². The van der Waals surface area contributed by atoms with Crippen LogP contribution in [0.15, 0.2) is 188 Å². The second-order valence-electron chi connectivity index (χ2n) is 14.5. The minimum atomic E-state index is 0.591. The van der Waals surface area contributed by atoms with Gasteiger partial charge in [0.1, 0.15) is 5.65 Å². The van der Waals surface area contributed by atoms with Crippen molar-refractivity contribution in [3.8, 4) is 51.0 Å². The summed E-state index contributed by atoms with van der Waals surface area (Å²) in [5.41, 5.74) is 13.7. The third-order valence-corrected chi connectivity index (χ3v) is 11.3. The zero-order chi connectivity index (χ0) is 38.2. The molecule has 0 radical (unpaired) electrons. The minimum absolute atomic E-state index is 0.591. The molecule has 0 aliphatic carbocycles. The molecule has 270 valence electrons. The normalized spacial score (nSPS) is 11.8. The Bertz CT molecular complexity index is 3430. The van der Waals surface area contributed by atoms with E-state index < -0.39 is 0 Å². The van der Waals surface area contributed by atoms with Crippen LogP contribution in [0.1, 0.15) is 0 Å². The smallest absolute Gasteiger partial charge is 0.235 e. The van der Waals surface area contributed by atoms with Crippen LogP contribution in [0.25, 0.3) is 111 Å². The van der Waals surface area contributed by atoms with Crippen molar-refractivity contribution >= 4 is 60.2 Å². The van der Waals surface area contributed by atoms with E-state index in [1.54, 1.807) is 0 Å². The summed E-state index contributed by atoms with van der Waals surface area (Å²) in [5.74, 6) is 0.591. The second kappa shape index (κ2) is 12.8. The molecule has 12 aromatic rings. The van der Waals surface area contributed by atoms with Crippen molar-refractivity contribution in [1.29, 1.82) is 0 Å². The summed E-state index contributed by atoms with van der Waals surface area (Å²) in [6.45, 7) is 0. The topological polar surface area (TPSA) is 73.8 Å². The molecule has 0 unspecified atom stereocenters. The van der Waals surface area contributed by atoms with E-state index in [1.807, 2.05) is 48.8 Å². The van der Waals surface area contributed by atoms with E-state index in [0.29, 0.717) is 5.95 Å². The Morgan fingerprint density at radius 1 is 0.362 bits per heavy atom. The second-order valence-corrected chi connectivity index (χ2v) is 14.5. The molecule has 7 heteroatoms. The third kappa shape index (κ3) is 4.97. The molecule has 0 atom stereocenters. The molecule has 7 nitrogen and oxygen atoms in total. The number of fused-ring (bicyclic) bond motifs is 12. The minimum Gasteiger partial charge on any atom is -0.291 e. The van der Waals surface area contributed by atoms with Crippen LogP contribution in [-0.4, -0.2) is 33.9 Å². The average molecular weight is 742 g/mol. The molecule has 12 rings (SSSR count). The van der Waals surface area contributed by atoms with Gasteiger partial charge in [-0.15, -0.1) is 0 Å². The molecule has 0 aliphatic heterocycles. The molecule has 0 saturated carbocycles. The quantitative estimate of drug-likeness (QED) is 0.164. The maximum atomic E-state index is 5.38. The highest BCUT2D eigenvalue weighted by Crippen LogP contribution is 2.41. The Morgan fingerprint density at radius 3 is 1.52 bits per heavy atom. The van der Waals surface area contributed by atoms with Crippen LogP contribution in [0, 0.1) is 0 Å². The van der Waals surface area contributed by atoms with Crippen molar-refractivity contribution in [1.82, 2.24) is 33.9 Å². The molecule has 0 fully saturated rings. The highest BCUT2D eigenvalue weighted by molar-refractivity contribution is 6.26. The van der Waals surface area contributed by atoms with Gasteiger partial charge in [0.05, 0.1) is 50.4 Å². The number of nitrogens with zero attached hydrogens (tertiary/aromatic N) is 7. The highest BCUT2D eigenvalue weighted by Gasteiger charge is 2.22. The van der Waals surface area contributed by atoms with Crippen molar-refractivity contribution in [2.45, 2.75) is 0 Å². The van der Waals surface area contributed by atoms with Gasteiger partial charge in [-0.2, -0.15) is 0 Å². The lowest BCUT2D eigenvalue weighted by Gasteiger charge is -2.13. The van der Waals surface area contributed by atoms with Gasteiger partial charge in [-0.05, 0) is 60.0 Å². The zero-order valence-electron chi connectivity index (χ0n) is 31.0. The fourth-order valence-corrected chi connectivity index (χ4v) is 8.57. The van der Waals surface area contributed by atoms with Gasteiger partial charge in [0, 0.05) is 56.2 Å². The lowest BCUT2D eigenvalue weighted by atomic mass is 10.0. The summed E-state index contributed by atoms with van der Waals surface area (Å²) >= 11 is 0. The first kappa shape index (κ1) is 32.2. The molecule has 0 amide bonds. The zero-order valence-corrected chi connectivity index (χ0v) is 31.0. The van der Waals surface area contributed by atoms with Crippen molar-refractivity contribution in [2.24, 2.45) is 0 Å². The number of aromatic nitrogens is 7. The Hall–Kier alpha value is -8.03. The first-order valence-electron chi connectivity index (χ1n) is 19.3. The van der Waals surface area contributed by atoms with E-state index >= 15 is 0 Å². The highest BCUT2D eigenvalue weighted by atomic mass is 15.2. The van der Waals surface area contributed by atoms with Gasteiger partial charge in [-0.1, -0.05) is 121 Å². The summed E-state index contributed by atoms with van der Waals surface area (Å²) in [6.07, 6.45) is 3.64. The number of hydrogen-bond donors (Lipinski definition) is 0. The summed E-state index contributed by atoms with van der Waals surface area (Å²) in [6, 6.07) is 61.0. The maximum absolute atomic E-state index is 5.38. The number of para-hydroxylation sites is 3. The van der Waals surface area contributed by atoms with E-state index in [0.717, 1.165) is 99.8 Å². The van der Waals surface area contributed by atoms with Crippen molar-refractivity contribution in [2.75, 3.05) is 0 Å². The molecule has 6 heterocycles. The summed E-state index contributed by atoms with van der Waals surface area (Å²) < 4.78 is 4.57. The van der Waals surface area contributed by atoms with E-state index in [4.69, 9.17) is 15.0 Å². The molecule has 0 saturated heterocycles. The number of hydrogen-bond acceptors (Lipinski definition) is 5. The van der Waals surface area contributed by atoms with Gasteiger partial charge < -0.3 is 0 Å². The SMILES string of the molecule is c1ccc(-c2ccc(-c3cc(-c4ccc(-c5ccccn5)cc4)nc(-n4c5ccccc5c5c4ccc4c6ccccc6c6nc7ccccc7n6c45)n3)cc2)nc1. The fourth-order valence-electron chi connectivity index (χ4n) is 8.57. The average Bonchev–Trinajstić information content (AvgIpc) is 3.86. The predicted octanol–water partition coefficient (Wildman–Crippen LogP) is 12.1. The van der Waals surface area contributed by atoms with Crippen molar-refractivity contribution < 1.29 is 0 Å². The van der Waals surface area contributed by atoms with Crippen LogP contribution >= 0.6 is 0 Å². The third-order valence-electron chi connectivity index (χ3n) is 11.3. The molecule has 6 aromatic heterocycles. The molecule has 0 spiro atoms. The van der Waals surface area contributed by atoms with Gasteiger partial charge in [0.15, 0.2) is 0 Å². The Balaban J connectivity index is 1.14. The fraction of sp³-hybridized carbons (Fsp3) is 0. The molecule has 6 aromatic carbocycles. The van der Waals surface area contributed by atoms with Crippen molar-refractivity contribution in [3.05, 3.63) is 188 Å². The number of benzene rings is 6. The first-order valence-corrected chi connectivity index (χ1v) is 19.3. The van der Waals surface area contributed by atoms with E-state index in [2.05, 4.69) is 158 Å². The van der Waals surface area contributed by atoms with Gasteiger partial charge in [0.2, 0.25) is 5.95 Å². The Kier molecular flexibility index (Phi) is 7.09. The number of rotatable bonds is 5. The van der Waals surface area contributed by atoms with Crippen LogP contribution in [0.3, 0.4) is 0 Å². The first-order chi connectivity index (χ1) is 28.8. The molecular formula is C51H31N7. The standard InChI is InChI=1S/C51H31N7/c1-2-12-38-36(11-1)37-27-28-47-48(49(37)58-46-18-6-4-16-42(46)54-50(38)58)39-13-3-5-17-45(39)57(47)51-55-43(34-23-19-32(20-24-34)40-14-7-9-29-52-40)31-44(56-51)35-25-21-33(22-26-35)41-15-8-10-30-53-41/h1-31H. The maximum Gasteiger partial charge on any atom is 0.235 e. The summed E-state index contributed by atoms with van der Waals surface area (Å²) in [5, 5.41) is 5.70. The number of pyridine rings is 3. The van der Waals surface area contributed by atoms with Crippen molar-refractivity contribution in [3.63, 3.8) is 0 Å². The van der Waals surface area contributed by atoms with Crippen LogP contribution < -0.4 is 0 Å². The molecular weight excluding hydrogens is 711 g/mol. The molecule has 0 N–H and O–H groups in total. The van der Waals surface area contributed by atoms with E-state index in [9.17, 15) is 0 Å². The van der Waals surface area contributed by atoms with Gasteiger partial charge in [-0.3, -0.25) is 18.9 Å². The predicted molar refractivity (Wildman–Crippen MR) is 235 cm³/mol. The lowest BCUT2D eigenvalue weighted by molar-refractivity contribution is 0.996. The monoisotopic (exact) mass is 741 g/mol.